The summed E-state index contributed by atoms with van der Waals surface area (Å²) in [6, 6.07) is 11.5. The number of benzene rings is 1. The molecular weight excluding hydrogens is 294 g/mol. The van der Waals surface area contributed by atoms with E-state index in [9.17, 15) is 0 Å². The van der Waals surface area contributed by atoms with Crippen LogP contribution in [0.25, 0.3) is 11.5 Å². The van der Waals surface area contributed by atoms with Gasteiger partial charge in [-0.15, -0.1) is 10.2 Å². The van der Waals surface area contributed by atoms with Gasteiger partial charge in [0.05, 0.1) is 20.2 Å². The first-order valence-electron chi connectivity index (χ1n) is 7.34. The second kappa shape index (κ2) is 6.66. The third-order valence-corrected chi connectivity index (χ3v) is 3.43. The summed E-state index contributed by atoms with van der Waals surface area (Å²) in [5.74, 6) is 3.70. The Balaban J connectivity index is 1.64. The lowest BCUT2D eigenvalue weighted by atomic mass is 10.2. The van der Waals surface area contributed by atoms with Crippen molar-refractivity contribution < 1.29 is 13.6 Å². The maximum atomic E-state index is 5.72. The van der Waals surface area contributed by atoms with Crippen LogP contribution in [0.5, 0.6) is 5.75 Å². The summed E-state index contributed by atoms with van der Waals surface area (Å²) in [5.41, 5.74) is 0.869. The molecule has 0 aliphatic heterocycles. The summed E-state index contributed by atoms with van der Waals surface area (Å²) in [6.45, 7) is 3.18. The van der Waals surface area contributed by atoms with Crippen LogP contribution in [0.3, 0.4) is 0 Å². The largest absolute Gasteiger partial charge is 0.497 e. The quantitative estimate of drug-likeness (QED) is 0.696. The van der Waals surface area contributed by atoms with Crippen molar-refractivity contribution >= 4 is 0 Å². The molecule has 0 atom stereocenters. The number of rotatable bonds is 6. The van der Waals surface area contributed by atoms with Gasteiger partial charge < -0.3 is 13.6 Å². The molecule has 1 aromatic carbocycles. The molecule has 0 aliphatic carbocycles. The van der Waals surface area contributed by atoms with Crippen molar-refractivity contribution in [1.29, 1.82) is 0 Å². The number of aryl methyl sites for hydroxylation is 1. The van der Waals surface area contributed by atoms with Gasteiger partial charge in [0.1, 0.15) is 17.3 Å². The minimum absolute atomic E-state index is 0.505. The number of methoxy groups -OCH3 is 1. The number of hydrogen-bond donors (Lipinski definition) is 0. The van der Waals surface area contributed by atoms with Gasteiger partial charge in [-0.25, -0.2) is 0 Å². The molecule has 2 heterocycles. The van der Waals surface area contributed by atoms with Crippen LogP contribution in [0.4, 0.5) is 0 Å². The summed E-state index contributed by atoms with van der Waals surface area (Å²) >= 11 is 0. The van der Waals surface area contributed by atoms with E-state index in [2.05, 4.69) is 15.1 Å². The van der Waals surface area contributed by atoms with Crippen LogP contribution < -0.4 is 4.74 Å². The summed E-state index contributed by atoms with van der Waals surface area (Å²) in [5, 5.41) is 8.20. The lowest BCUT2D eigenvalue weighted by Crippen LogP contribution is -2.17. The van der Waals surface area contributed by atoms with Crippen molar-refractivity contribution in [3.63, 3.8) is 0 Å². The normalized spacial score (nSPS) is 11.1. The lowest BCUT2D eigenvalue weighted by Gasteiger charge is -2.11. The maximum Gasteiger partial charge on any atom is 0.247 e. The molecule has 6 nitrogen and oxygen atoms in total. The molecule has 0 bridgehead atoms. The summed E-state index contributed by atoms with van der Waals surface area (Å²) in [7, 11) is 3.62. The van der Waals surface area contributed by atoms with Crippen molar-refractivity contribution in [2.45, 2.75) is 20.0 Å². The fourth-order valence-corrected chi connectivity index (χ4v) is 2.29. The molecule has 0 fully saturated rings. The third-order valence-electron chi connectivity index (χ3n) is 3.43. The Hall–Kier alpha value is -2.60. The average Bonchev–Trinajstić information content (AvgIpc) is 3.16. The van der Waals surface area contributed by atoms with Gasteiger partial charge >= 0.3 is 0 Å². The Labute approximate surface area is 134 Å². The van der Waals surface area contributed by atoms with Crippen molar-refractivity contribution in [2.75, 3.05) is 14.2 Å². The van der Waals surface area contributed by atoms with Crippen LogP contribution in [0.2, 0.25) is 0 Å². The fourth-order valence-electron chi connectivity index (χ4n) is 2.29. The number of nitrogens with zero attached hydrogens (tertiary/aromatic N) is 3. The minimum atomic E-state index is 0.505. The average molecular weight is 313 g/mol. The SMILES string of the molecule is COc1ccc(-c2nnc(CN(C)Cc3ccc(C)o3)o2)cc1. The van der Waals surface area contributed by atoms with Gasteiger partial charge in [-0.1, -0.05) is 0 Å². The molecule has 0 aliphatic rings. The zero-order valence-corrected chi connectivity index (χ0v) is 13.4. The Kier molecular flexibility index (Phi) is 4.43. The smallest absolute Gasteiger partial charge is 0.247 e. The van der Waals surface area contributed by atoms with Crippen LogP contribution >= 0.6 is 0 Å². The van der Waals surface area contributed by atoms with Crippen LogP contribution in [0, 0.1) is 6.92 Å². The van der Waals surface area contributed by atoms with Crippen LogP contribution in [0.1, 0.15) is 17.4 Å². The zero-order valence-electron chi connectivity index (χ0n) is 13.4. The highest BCUT2D eigenvalue weighted by molar-refractivity contribution is 5.53. The van der Waals surface area contributed by atoms with Crippen molar-refractivity contribution in [3.8, 4) is 17.2 Å². The van der Waals surface area contributed by atoms with E-state index in [-0.39, 0.29) is 0 Å². The Morgan fingerprint density at radius 3 is 2.43 bits per heavy atom. The van der Waals surface area contributed by atoms with E-state index in [0.717, 1.165) is 22.8 Å². The predicted molar refractivity (Wildman–Crippen MR) is 84.9 cm³/mol. The van der Waals surface area contributed by atoms with Gasteiger partial charge in [0, 0.05) is 5.56 Å². The van der Waals surface area contributed by atoms with Crippen LogP contribution in [-0.2, 0) is 13.1 Å². The Morgan fingerprint density at radius 2 is 1.78 bits per heavy atom. The van der Waals surface area contributed by atoms with E-state index in [4.69, 9.17) is 13.6 Å². The molecule has 0 amide bonds. The van der Waals surface area contributed by atoms with Crippen molar-refractivity contribution in [3.05, 3.63) is 53.8 Å². The molecule has 0 saturated heterocycles. The molecular formula is C17H19N3O3. The molecule has 2 aromatic heterocycles. The van der Waals surface area contributed by atoms with Crippen LogP contribution in [-0.4, -0.2) is 29.3 Å². The highest BCUT2D eigenvalue weighted by atomic mass is 16.5. The molecule has 120 valence electrons. The van der Waals surface area contributed by atoms with E-state index in [1.807, 2.05) is 50.4 Å². The molecule has 3 aromatic rings. The first kappa shape index (κ1) is 15.3. The second-order valence-electron chi connectivity index (χ2n) is 5.41. The first-order chi connectivity index (χ1) is 11.1. The lowest BCUT2D eigenvalue weighted by molar-refractivity contribution is 0.259. The molecule has 6 heteroatoms. The first-order valence-corrected chi connectivity index (χ1v) is 7.34. The van der Waals surface area contributed by atoms with Gasteiger partial charge in [0.2, 0.25) is 11.8 Å². The standard InChI is InChI=1S/C17H19N3O3/c1-12-4-7-15(22-12)10-20(2)11-16-18-19-17(23-16)13-5-8-14(21-3)9-6-13/h4-9H,10-11H2,1-3H3. The Morgan fingerprint density at radius 1 is 1.00 bits per heavy atom. The van der Waals surface area contributed by atoms with Crippen LogP contribution in [0.15, 0.2) is 45.2 Å². The Bertz CT molecular complexity index is 761. The minimum Gasteiger partial charge on any atom is -0.497 e. The zero-order chi connectivity index (χ0) is 16.2. The van der Waals surface area contributed by atoms with Crippen molar-refractivity contribution in [2.24, 2.45) is 0 Å². The third kappa shape index (κ3) is 3.78. The number of hydrogen-bond acceptors (Lipinski definition) is 6. The van der Waals surface area contributed by atoms with Gasteiger partial charge in [-0.05, 0) is 50.4 Å². The summed E-state index contributed by atoms with van der Waals surface area (Å²) in [6.07, 6.45) is 0. The molecule has 23 heavy (non-hydrogen) atoms. The van der Waals surface area contributed by atoms with E-state index < -0.39 is 0 Å². The highest BCUT2D eigenvalue weighted by Crippen LogP contribution is 2.21. The van der Waals surface area contributed by atoms with E-state index in [0.29, 0.717) is 24.9 Å². The summed E-state index contributed by atoms with van der Waals surface area (Å²) < 4.78 is 16.4. The van der Waals surface area contributed by atoms with Gasteiger partial charge in [0.15, 0.2) is 0 Å². The highest BCUT2D eigenvalue weighted by Gasteiger charge is 2.12. The van der Waals surface area contributed by atoms with Gasteiger partial charge in [-0.2, -0.15) is 0 Å². The number of furan rings is 1. The molecule has 3 rings (SSSR count). The molecule has 0 spiro atoms. The fraction of sp³-hybridized carbons (Fsp3) is 0.294. The molecule has 0 N–H and O–H groups in total. The van der Waals surface area contributed by atoms with E-state index in [1.54, 1.807) is 7.11 Å². The number of aromatic nitrogens is 2. The van der Waals surface area contributed by atoms with Gasteiger partial charge in [-0.3, -0.25) is 4.90 Å². The van der Waals surface area contributed by atoms with Gasteiger partial charge in [0.25, 0.3) is 0 Å². The van der Waals surface area contributed by atoms with Crippen molar-refractivity contribution in [1.82, 2.24) is 15.1 Å². The monoisotopic (exact) mass is 313 g/mol. The van der Waals surface area contributed by atoms with E-state index in [1.165, 1.54) is 0 Å². The second-order valence-corrected chi connectivity index (χ2v) is 5.41. The predicted octanol–water partition coefficient (Wildman–Crippen LogP) is 3.28. The number of ether oxygens (including phenoxy) is 1. The van der Waals surface area contributed by atoms with E-state index >= 15 is 0 Å². The maximum absolute atomic E-state index is 5.72. The summed E-state index contributed by atoms with van der Waals surface area (Å²) in [4.78, 5) is 2.06. The topological polar surface area (TPSA) is 64.5 Å². The molecule has 0 saturated carbocycles. The molecule has 0 radical (unpaired) electrons. The molecule has 0 unspecified atom stereocenters.